The Morgan fingerprint density at radius 3 is 2.64 bits per heavy atom. The second-order valence-corrected chi connectivity index (χ2v) is 8.22. The fourth-order valence-corrected chi connectivity index (χ4v) is 5.51. The number of hydrogen-bond donors (Lipinski definition) is 0. The highest BCUT2D eigenvalue weighted by molar-refractivity contribution is 8.36. The highest BCUT2D eigenvalue weighted by atomic mass is 32.3. The van der Waals surface area contributed by atoms with E-state index in [1.165, 1.54) is 16.2 Å². The first kappa shape index (κ1) is 11.0. The largest absolute Gasteiger partial charge is 0.143 e. The average molecular weight is 260 g/mol. The van der Waals surface area contributed by atoms with E-state index in [0.717, 1.165) is 0 Å². The van der Waals surface area contributed by atoms with Gasteiger partial charge < -0.3 is 0 Å². The molecule has 0 radical (unpaired) electrons. The van der Waals surface area contributed by atoms with E-state index in [2.05, 4.69) is 36.1 Å². The van der Waals surface area contributed by atoms with E-state index in [0.29, 0.717) is 3.41 Å². The first-order valence-corrected chi connectivity index (χ1v) is 8.47. The van der Waals surface area contributed by atoms with E-state index in [1.807, 2.05) is 46.6 Å². The van der Waals surface area contributed by atoms with Gasteiger partial charge >= 0.3 is 0 Å². The molecule has 14 heavy (non-hydrogen) atoms. The van der Waals surface area contributed by atoms with Crippen molar-refractivity contribution >= 4 is 51.5 Å². The van der Waals surface area contributed by atoms with Crippen LogP contribution in [0.15, 0.2) is 23.6 Å². The standard InChI is InChI=1S/C10H12S4/c1-11-10(12-2)6-5-9(14-10)8-4-3-7-13-8/h3-5,7H,6H2,1-2H3. The second kappa shape index (κ2) is 4.56. The molecule has 1 aliphatic heterocycles. The second-order valence-electron chi connectivity index (χ2n) is 2.94. The van der Waals surface area contributed by atoms with Gasteiger partial charge in [0.05, 0.1) is 0 Å². The zero-order chi connectivity index (χ0) is 10.0. The molecule has 0 N–H and O–H groups in total. The van der Waals surface area contributed by atoms with Gasteiger partial charge in [-0.25, -0.2) is 0 Å². The van der Waals surface area contributed by atoms with Crippen LogP contribution in [-0.4, -0.2) is 15.9 Å². The van der Waals surface area contributed by atoms with Crippen molar-refractivity contribution in [2.75, 3.05) is 12.5 Å². The Hall–Kier alpha value is 0.490. The molecule has 0 aliphatic carbocycles. The zero-order valence-electron chi connectivity index (χ0n) is 8.15. The Morgan fingerprint density at radius 1 is 1.36 bits per heavy atom. The van der Waals surface area contributed by atoms with Crippen molar-refractivity contribution in [2.45, 2.75) is 9.83 Å². The maximum Gasteiger partial charge on any atom is 0.114 e. The van der Waals surface area contributed by atoms with Gasteiger partial charge in [-0.15, -0.1) is 34.9 Å². The molecule has 0 amide bonds. The van der Waals surface area contributed by atoms with Crippen LogP contribution in [0.4, 0.5) is 0 Å². The van der Waals surface area contributed by atoms with Gasteiger partial charge in [-0.2, -0.15) is 0 Å². The van der Waals surface area contributed by atoms with Crippen LogP contribution in [0.3, 0.4) is 0 Å². The Labute approximate surface area is 102 Å². The predicted octanol–water partition coefficient (Wildman–Crippen LogP) is 4.61. The summed E-state index contributed by atoms with van der Waals surface area (Å²) in [5, 5.41) is 2.15. The van der Waals surface area contributed by atoms with Crippen molar-refractivity contribution in [1.29, 1.82) is 0 Å². The van der Waals surface area contributed by atoms with Crippen LogP contribution in [-0.2, 0) is 0 Å². The molecule has 0 nitrogen and oxygen atoms in total. The first-order valence-electron chi connectivity index (χ1n) is 4.33. The lowest BCUT2D eigenvalue weighted by Crippen LogP contribution is -2.08. The third-order valence-electron chi connectivity index (χ3n) is 2.19. The lowest BCUT2D eigenvalue weighted by Gasteiger charge is -2.23. The molecule has 76 valence electrons. The van der Waals surface area contributed by atoms with Crippen molar-refractivity contribution in [2.24, 2.45) is 0 Å². The molecule has 0 unspecified atom stereocenters. The fourth-order valence-electron chi connectivity index (χ4n) is 1.37. The molecule has 1 aliphatic rings. The highest BCUT2D eigenvalue weighted by Gasteiger charge is 2.34. The van der Waals surface area contributed by atoms with Crippen molar-refractivity contribution in [1.82, 2.24) is 0 Å². The summed E-state index contributed by atoms with van der Waals surface area (Å²) in [5.41, 5.74) is 0. The summed E-state index contributed by atoms with van der Waals surface area (Å²) in [5.74, 6) is 0. The maximum absolute atomic E-state index is 2.38. The lowest BCUT2D eigenvalue weighted by molar-refractivity contribution is 1.15. The minimum atomic E-state index is 0.333. The van der Waals surface area contributed by atoms with Crippen LogP contribution >= 0.6 is 46.6 Å². The molecule has 0 saturated heterocycles. The zero-order valence-corrected chi connectivity index (χ0v) is 11.4. The summed E-state index contributed by atoms with van der Waals surface area (Å²) in [6.07, 6.45) is 7.96. The van der Waals surface area contributed by atoms with Gasteiger partial charge in [0.25, 0.3) is 0 Å². The molecule has 1 aromatic rings. The topological polar surface area (TPSA) is 0 Å². The molecule has 4 heteroatoms. The van der Waals surface area contributed by atoms with Crippen molar-refractivity contribution in [3.63, 3.8) is 0 Å². The lowest BCUT2D eigenvalue weighted by atomic mass is 10.3. The molecular formula is C10H12S4. The van der Waals surface area contributed by atoms with Crippen LogP contribution in [0, 0.1) is 0 Å². The minimum absolute atomic E-state index is 0.333. The summed E-state index contributed by atoms with van der Waals surface area (Å²) in [7, 11) is 0. The molecule has 0 aromatic carbocycles. The van der Waals surface area contributed by atoms with E-state index in [4.69, 9.17) is 0 Å². The summed E-state index contributed by atoms with van der Waals surface area (Å²) in [6.45, 7) is 0. The molecule has 2 heterocycles. The molecule has 0 bridgehead atoms. The normalized spacial score (nSPS) is 19.7. The van der Waals surface area contributed by atoms with E-state index < -0.39 is 0 Å². The van der Waals surface area contributed by atoms with Gasteiger partial charge in [-0.05, 0) is 24.0 Å². The summed E-state index contributed by atoms with van der Waals surface area (Å²) < 4.78 is 0.333. The Bertz CT molecular complexity index is 322. The maximum atomic E-state index is 2.38. The smallest absolute Gasteiger partial charge is 0.114 e. The molecular weight excluding hydrogens is 248 g/mol. The van der Waals surface area contributed by atoms with Gasteiger partial charge in [-0.3, -0.25) is 0 Å². The fraction of sp³-hybridized carbons (Fsp3) is 0.400. The van der Waals surface area contributed by atoms with Gasteiger partial charge in [0, 0.05) is 16.2 Å². The van der Waals surface area contributed by atoms with E-state index in [1.54, 1.807) is 0 Å². The van der Waals surface area contributed by atoms with Crippen LogP contribution in [0.2, 0.25) is 0 Å². The van der Waals surface area contributed by atoms with Crippen LogP contribution in [0.25, 0.3) is 4.91 Å². The molecule has 2 rings (SSSR count). The average Bonchev–Trinajstić information content (AvgIpc) is 2.87. The van der Waals surface area contributed by atoms with Crippen LogP contribution in [0.1, 0.15) is 11.3 Å². The van der Waals surface area contributed by atoms with Crippen LogP contribution < -0.4 is 0 Å². The number of rotatable bonds is 3. The van der Waals surface area contributed by atoms with Crippen molar-refractivity contribution < 1.29 is 0 Å². The Morgan fingerprint density at radius 2 is 2.14 bits per heavy atom. The van der Waals surface area contributed by atoms with Crippen molar-refractivity contribution in [3.05, 3.63) is 28.5 Å². The Kier molecular flexibility index (Phi) is 3.58. The van der Waals surface area contributed by atoms with Crippen LogP contribution in [0.5, 0.6) is 0 Å². The van der Waals surface area contributed by atoms with Gasteiger partial charge in [-0.1, -0.05) is 23.9 Å². The molecule has 1 aromatic heterocycles. The molecule has 0 spiro atoms. The first-order chi connectivity index (χ1) is 6.79. The van der Waals surface area contributed by atoms with E-state index >= 15 is 0 Å². The summed E-state index contributed by atoms with van der Waals surface area (Å²) >= 11 is 7.77. The molecule has 0 fully saturated rings. The Balaban J connectivity index is 2.14. The van der Waals surface area contributed by atoms with E-state index in [9.17, 15) is 0 Å². The third-order valence-corrected chi connectivity index (χ3v) is 8.38. The third kappa shape index (κ3) is 2.03. The number of thioether (sulfide) groups is 3. The predicted molar refractivity (Wildman–Crippen MR) is 74.3 cm³/mol. The number of thiophene rings is 1. The number of hydrogen-bond acceptors (Lipinski definition) is 4. The van der Waals surface area contributed by atoms with Gasteiger partial charge in [0.2, 0.25) is 0 Å². The van der Waals surface area contributed by atoms with Crippen molar-refractivity contribution in [3.8, 4) is 0 Å². The minimum Gasteiger partial charge on any atom is -0.143 e. The van der Waals surface area contributed by atoms with E-state index in [-0.39, 0.29) is 0 Å². The summed E-state index contributed by atoms with van der Waals surface area (Å²) in [6, 6.07) is 4.33. The highest BCUT2D eigenvalue weighted by Crippen LogP contribution is 2.58. The summed E-state index contributed by atoms with van der Waals surface area (Å²) in [4.78, 5) is 2.88. The van der Waals surface area contributed by atoms with Gasteiger partial charge in [0.15, 0.2) is 0 Å². The number of allylic oxidation sites excluding steroid dienone is 1. The SMILES string of the molecule is CSC1(SC)CC=C(c2cccs2)S1. The van der Waals surface area contributed by atoms with Gasteiger partial charge in [0.1, 0.15) is 3.41 Å². The molecule has 0 atom stereocenters. The molecule has 0 saturated carbocycles. The quantitative estimate of drug-likeness (QED) is 0.729. The monoisotopic (exact) mass is 260 g/mol.